The maximum atomic E-state index is 5.28. The van der Waals surface area contributed by atoms with Crippen LogP contribution in [0.2, 0.25) is 0 Å². The third-order valence-corrected chi connectivity index (χ3v) is 6.23. The highest BCUT2D eigenvalue weighted by molar-refractivity contribution is 9.10. The van der Waals surface area contributed by atoms with Gasteiger partial charge in [-0.15, -0.1) is 11.8 Å². The Bertz CT molecular complexity index is 1050. The smallest absolute Gasteiger partial charge is 0.120 e. The van der Waals surface area contributed by atoms with Crippen LogP contribution in [-0.4, -0.2) is 17.6 Å². The first-order chi connectivity index (χ1) is 13.2. The van der Waals surface area contributed by atoms with Crippen molar-refractivity contribution in [3.63, 3.8) is 0 Å². The minimum atomic E-state index is 0.821. The van der Waals surface area contributed by atoms with Crippen LogP contribution in [0.1, 0.15) is 0 Å². The van der Waals surface area contributed by atoms with Crippen molar-refractivity contribution in [1.82, 2.24) is 4.57 Å². The van der Waals surface area contributed by atoms with Crippen LogP contribution in [0.3, 0.4) is 0 Å². The van der Waals surface area contributed by atoms with Gasteiger partial charge >= 0.3 is 0 Å². The molecule has 1 aromatic heterocycles. The first-order valence-corrected chi connectivity index (χ1v) is 11.2. The third-order valence-electron chi connectivity index (χ3n) is 4.46. The number of rotatable bonds is 6. The van der Waals surface area contributed by atoms with Crippen molar-refractivity contribution in [3.8, 4) is 5.75 Å². The molecule has 0 saturated carbocycles. The Balaban J connectivity index is 1.56. The summed E-state index contributed by atoms with van der Waals surface area (Å²) in [6.45, 7) is 0. The molecule has 0 atom stereocenters. The summed E-state index contributed by atoms with van der Waals surface area (Å²) in [5.41, 5.74) is 3.57. The van der Waals surface area contributed by atoms with Crippen LogP contribution < -0.4 is 10.1 Å². The Kier molecular flexibility index (Phi) is 5.66. The van der Waals surface area contributed by atoms with E-state index >= 15 is 0 Å². The quantitative estimate of drug-likeness (QED) is 0.224. The van der Waals surface area contributed by atoms with Crippen molar-refractivity contribution in [2.24, 2.45) is 0 Å². The van der Waals surface area contributed by atoms with Crippen molar-refractivity contribution >= 4 is 71.1 Å². The van der Waals surface area contributed by atoms with Gasteiger partial charge in [0.15, 0.2) is 0 Å². The minimum Gasteiger partial charge on any atom is -0.497 e. The topological polar surface area (TPSA) is 26.2 Å². The van der Waals surface area contributed by atoms with Gasteiger partial charge < -0.3 is 14.6 Å². The number of halogens is 2. The monoisotopic (exact) mass is 504 g/mol. The van der Waals surface area contributed by atoms with E-state index in [1.165, 1.54) is 21.8 Å². The van der Waals surface area contributed by atoms with Crippen molar-refractivity contribution in [2.75, 3.05) is 18.3 Å². The van der Waals surface area contributed by atoms with Crippen molar-refractivity contribution in [1.29, 1.82) is 0 Å². The second kappa shape index (κ2) is 8.17. The van der Waals surface area contributed by atoms with Crippen molar-refractivity contribution in [2.45, 2.75) is 5.88 Å². The molecule has 3 aromatic carbocycles. The number of nitrogens with zero attached hydrogens (tertiary/aromatic N) is 1. The fourth-order valence-electron chi connectivity index (χ4n) is 3.19. The number of aromatic nitrogens is 1. The molecule has 1 heterocycles. The first-order valence-electron chi connectivity index (χ1n) is 8.48. The Labute approximate surface area is 179 Å². The van der Waals surface area contributed by atoms with Gasteiger partial charge in [0.25, 0.3) is 0 Å². The summed E-state index contributed by atoms with van der Waals surface area (Å²) in [7, 11) is 1.69. The summed E-state index contributed by atoms with van der Waals surface area (Å²) in [4.78, 5) is 0. The Hall–Kier alpha value is -1.63. The van der Waals surface area contributed by atoms with E-state index in [0.717, 1.165) is 32.1 Å². The van der Waals surface area contributed by atoms with Crippen LogP contribution in [0.4, 0.5) is 5.69 Å². The number of thioether (sulfide) groups is 1. The third kappa shape index (κ3) is 3.98. The lowest BCUT2D eigenvalue weighted by molar-refractivity contribution is 0.415. The molecule has 0 unspecified atom stereocenters. The molecule has 0 fully saturated rings. The van der Waals surface area contributed by atoms with E-state index in [-0.39, 0.29) is 0 Å². The fraction of sp³-hybridized carbons (Fsp3) is 0.143. The number of nitrogens with one attached hydrogen (secondary N) is 1. The Morgan fingerprint density at radius 3 is 2.22 bits per heavy atom. The zero-order chi connectivity index (χ0) is 18.8. The lowest BCUT2D eigenvalue weighted by Gasteiger charge is -2.10. The molecule has 4 aromatic rings. The zero-order valence-corrected chi connectivity index (χ0v) is 18.7. The van der Waals surface area contributed by atoms with E-state index in [2.05, 4.69) is 84.2 Å². The van der Waals surface area contributed by atoms with Gasteiger partial charge in [-0.05, 0) is 48.5 Å². The molecule has 0 spiro atoms. The molecule has 0 aliphatic carbocycles. The first kappa shape index (κ1) is 18.7. The summed E-state index contributed by atoms with van der Waals surface area (Å²) in [5, 5.41) is 5.98. The van der Waals surface area contributed by atoms with Crippen molar-refractivity contribution in [3.05, 3.63) is 69.6 Å². The molecular formula is C21H18Br2N2OS. The number of anilines is 1. The molecule has 0 saturated heterocycles. The molecule has 4 rings (SSSR count). The largest absolute Gasteiger partial charge is 0.497 e. The van der Waals surface area contributed by atoms with Gasteiger partial charge in [0.2, 0.25) is 0 Å². The normalized spacial score (nSPS) is 11.2. The van der Waals surface area contributed by atoms with E-state index < -0.39 is 0 Å². The van der Waals surface area contributed by atoms with E-state index in [1.807, 2.05) is 30.0 Å². The lowest BCUT2D eigenvalue weighted by Crippen LogP contribution is -2.01. The number of ether oxygens (including phenoxy) is 1. The summed E-state index contributed by atoms with van der Waals surface area (Å²) in [6.07, 6.45) is 0. The van der Waals surface area contributed by atoms with E-state index in [4.69, 9.17) is 4.74 Å². The standard InChI is InChI=1S/C21H18Br2N2OS/c1-26-17-4-2-3-16(11-17)24-12-27-13-25-20-7-5-14(22)9-18(20)19-10-15(23)6-8-21(19)25/h2-11,24H,12-13H2,1H3. The summed E-state index contributed by atoms with van der Waals surface area (Å²) in [6, 6.07) is 21.0. The van der Waals surface area contributed by atoms with Gasteiger partial charge in [-0.2, -0.15) is 0 Å². The van der Waals surface area contributed by atoms with E-state index in [9.17, 15) is 0 Å². The number of hydrogen-bond donors (Lipinski definition) is 1. The molecule has 1 N–H and O–H groups in total. The van der Waals surface area contributed by atoms with Crippen molar-refractivity contribution < 1.29 is 4.74 Å². The van der Waals surface area contributed by atoms with Crippen LogP contribution in [0.25, 0.3) is 21.8 Å². The average Bonchev–Trinajstić information content (AvgIpc) is 2.97. The molecule has 0 aliphatic heterocycles. The zero-order valence-electron chi connectivity index (χ0n) is 14.7. The predicted molar refractivity (Wildman–Crippen MR) is 124 cm³/mol. The molecule has 6 heteroatoms. The van der Waals surface area contributed by atoms with E-state index in [0.29, 0.717) is 0 Å². The van der Waals surface area contributed by atoms with Gasteiger partial charge in [-0.3, -0.25) is 0 Å². The summed E-state index contributed by atoms with van der Waals surface area (Å²) >= 11 is 9.05. The molecule has 3 nitrogen and oxygen atoms in total. The van der Waals surface area contributed by atoms with Crippen LogP contribution in [0.15, 0.2) is 69.6 Å². The lowest BCUT2D eigenvalue weighted by atomic mass is 10.2. The minimum absolute atomic E-state index is 0.821. The van der Waals surface area contributed by atoms with Gasteiger partial charge in [0.05, 0.1) is 18.9 Å². The highest BCUT2D eigenvalue weighted by atomic mass is 79.9. The molecular weight excluding hydrogens is 488 g/mol. The molecule has 0 aliphatic rings. The number of fused-ring (bicyclic) bond motifs is 3. The van der Waals surface area contributed by atoms with Crippen LogP contribution in [0.5, 0.6) is 5.75 Å². The number of methoxy groups -OCH3 is 1. The molecule has 0 radical (unpaired) electrons. The summed E-state index contributed by atoms with van der Waals surface area (Å²) in [5.74, 6) is 2.56. The average molecular weight is 506 g/mol. The highest BCUT2D eigenvalue weighted by Crippen LogP contribution is 2.34. The summed E-state index contributed by atoms with van der Waals surface area (Å²) < 4.78 is 9.85. The van der Waals surface area contributed by atoms with E-state index in [1.54, 1.807) is 7.11 Å². The van der Waals surface area contributed by atoms with Crippen LogP contribution in [-0.2, 0) is 5.88 Å². The molecule has 0 bridgehead atoms. The van der Waals surface area contributed by atoms with Gasteiger partial charge in [-0.1, -0.05) is 37.9 Å². The Morgan fingerprint density at radius 1 is 0.926 bits per heavy atom. The SMILES string of the molecule is COc1cccc(NCSCn2c3ccc(Br)cc3c3cc(Br)ccc32)c1. The second-order valence-electron chi connectivity index (χ2n) is 6.14. The molecule has 0 amide bonds. The number of benzene rings is 3. The highest BCUT2D eigenvalue weighted by Gasteiger charge is 2.11. The second-order valence-corrected chi connectivity index (χ2v) is 8.92. The maximum Gasteiger partial charge on any atom is 0.120 e. The number of hydrogen-bond acceptors (Lipinski definition) is 3. The Morgan fingerprint density at radius 2 is 1.59 bits per heavy atom. The molecule has 27 heavy (non-hydrogen) atoms. The van der Waals surface area contributed by atoms with Crippen LogP contribution >= 0.6 is 43.6 Å². The fourth-order valence-corrected chi connectivity index (χ4v) is 4.73. The maximum absolute atomic E-state index is 5.28. The predicted octanol–water partition coefficient (Wildman–Crippen LogP) is 7.09. The van der Waals surface area contributed by atoms with Gasteiger partial charge in [0.1, 0.15) is 5.75 Å². The van der Waals surface area contributed by atoms with Gasteiger partial charge in [0, 0.05) is 42.5 Å². The van der Waals surface area contributed by atoms with Gasteiger partial charge in [-0.25, -0.2) is 0 Å². The van der Waals surface area contributed by atoms with Crippen LogP contribution in [0, 0.1) is 0 Å². The molecule has 138 valence electrons.